The number of nitrogens with one attached hydrogen (secondary N) is 2. The quantitative estimate of drug-likeness (QED) is 0.346. The van der Waals surface area contributed by atoms with Crippen molar-refractivity contribution >= 4 is 40.0 Å². The third kappa shape index (κ3) is 4.51. The number of aryl methyl sites for hydroxylation is 2. The number of hydrogen-bond donors (Lipinski definition) is 3. The number of rotatable bonds is 5. The Balaban J connectivity index is 1.52. The second-order valence-electron chi connectivity index (χ2n) is 7.63. The topological polar surface area (TPSA) is 106 Å². The zero-order chi connectivity index (χ0) is 24.4. The van der Waals surface area contributed by atoms with Crippen molar-refractivity contribution in [3.8, 4) is 28.7 Å². The van der Waals surface area contributed by atoms with E-state index in [9.17, 15) is 9.90 Å². The summed E-state index contributed by atoms with van der Waals surface area (Å²) in [6.45, 7) is 3.94. The maximum Gasteiger partial charge on any atom is 0.264 e. The van der Waals surface area contributed by atoms with Gasteiger partial charge in [0, 0.05) is 11.8 Å². The van der Waals surface area contributed by atoms with Crippen molar-refractivity contribution in [2.45, 2.75) is 13.8 Å². The van der Waals surface area contributed by atoms with Gasteiger partial charge in [-0.15, -0.1) is 0 Å². The van der Waals surface area contributed by atoms with Crippen LogP contribution in [-0.2, 0) is 0 Å². The SMILES string of the molecule is COc1cccc(OC)c1C(=O)NC(=S)Nc1ccc(-c2nc3cc(C)cc(C)c3o2)c(O)c1. The van der Waals surface area contributed by atoms with E-state index in [2.05, 4.69) is 15.6 Å². The zero-order valence-electron chi connectivity index (χ0n) is 19.1. The van der Waals surface area contributed by atoms with E-state index in [1.54, 1.807) is 30.3 Å². The fourth-order valence-corrected chi connectivity index (χ4v) is 3.90. The van der Waals surface area contributed by atoms with Crippen molar-refractivity contribution < 1.29 is 23.8 Å². The summed E-state index contributed by atoms with van der Waals surface area (Å²) >= 11 is 5.27. The first-order chi connectivity index (χ1) is 16.3. The number of benzene rings is 3. The lowest BCUT2D eigenvalue weighted by molar-refractivity contribution is 0.0971. The number of nitrogens with zero attached hydrogens (tertiary/aromatic N) is 1. The predicted octanol–water partition coefficient (Wildman–Crippen LogP) is 4.96. The van der Waals surface area contributed by atoms with Crippen molar-refractivity contribution in [3.63, 3.8) is 0 Å². The van der Waals surface area contributed by atoms with Crippen LogP contribution in [0.15, 0.2) is 52.9 Å². The molecule has 0 fully saturated rings. The van der Waals surface area contributed by atoms with Crippen LogP contribution in [0.5, 0.6) is 17.2 Å². The minimum absolute atomic E-state index is 0.0399. The maximum absolute atomic E-state index is 12.8. The molecule has 4 rings (SSSR count). The Bertz CT molecular complexity index is 1390. The van der Waals surface area contributed by atoms with Crippen LogP contribution in [0.3, 0.4) is 0 Å². The number of amides is 1. The Morgan fingerprint density at radius 2 is 1.76 bits per heavy atom. The van der Waals surface area contributed by atoms with Crippen LogP contribution in [0.2, 0.25) is 0 Å². The number of aromatic nitrogens is 1. The molecule has 0 aliphatic rings. The van der Waals surface area contributed by atoms with Gasteiger partial charge in [0.2, 0.25) is 5.89 Å². The van der Waals surface area contributed by atoms with Crippen LogP contribution in [0, 0.1) is 13.8 Å². The summed E-state index contributed by atoms with van der Waals surface area (Å²) in [5.41, 5.74) is 4.59. The van der Waals surface area contributed by atoms with E-state index in [-0.39, 0.29) is 16.4 Å². The van der Waals surface area contributed by atoms with E-state index in [1.165, 1.54) is 20.3 Å². The lowest BCUT2D eigenvalue weighted by atomic mass is 10.1. The van der Waals surface area contributed by atoms with Gasteiger partial charge in [-0.25, -0.2) is 4.98 Å². The molecule has 0 spiro atoms. The summed E-state index contributed by atoms with van der Waals surface area (Å²) < 4.78 is 16.4. The first kappa shape index (κ1) is 23.1. The summed E-state index contributed by atoms with van der Waals surface area (Å²) in [6, 6.07) is 13.8. The highest BCUT2D eigenvalue weighted by molar-refractivity contribution is 7.80. The van der Waals surface area contributed by atoms with Gasteiger partial charge < -0.3 is 24.3 Å². The number of phenols is 1. The molecule has 3 N–H and O–H groups in total. The van der Waals surface area contributed by atoms with Crippen molar-refractivity contribution in [2.24, 2.45) is 0 Å². The Kier molecular flexibility index (Phi) is 6.38. The minimum atomic E-state index is -0.496. The third-order valence-electron chi connectivity index (χ3n) is 5.19. The van der Waals surface area contributed by atoms with Gasteiger partial charge in [0.1, 0.15) is 28.3 Å². The van der Waals surface area contributed by atoms with Crippen LogP contribution in [0.1, 0.15) is 21.5 Å². The summed E-state index contributed by atoms with van der Waals surface area (Å²) in [5.74, 6) is 0.471. The van der Waals surface area contributed by atoms with E-state index in [1.807, 2.05) is 26.0 Å². The number of fused-ring (bicyclic) bond motifs is 1. The number of anilines is 1. The van der Waals surface area contributed by atoms with Gasteiger partial charge in [0.05, 0.1) is 19.8 Å². The molecule has 0 unspecified atom stereocenters. The molecule has 174 valence electrons. The smallest absolute Gasteiger partial charge is 0.264 e. The monoisotopic (exact) mass is 477 g/mol. The van der Waals surface area contributed by atoms with E-state index < -0.39 is 5.91 Å². The molecule has 34 heavy (non-hydrogen) atoms. The molecule has 0 saturated carbocycles. The molecule has 3 aromatic carbocycles. The highest BCUT2D eigenvalue weighted by atomic mass is 32.1. The molecule has 8 nitrogen and oxygen atoms in total. The standard InChI is InChI=1S/C25H23N3O5S/c1-13-10-14(2)22-17(11-13)27-24(33-22)16-9-8-15(12-18(16)29)26-25(34)28-23(30)21-19(31-3)6-5-7-20(21)32-4/h5-12,29H,1-4H3,(H2,26,28,30,34). The van der Waals surface area contributed by atoms with Gasteiger partial charge in [-0.3, -0.25) is 10.1 Å². The van der Waals surface area contributed by atoms with Crippen molar-refractivity contribution in [1.82, 2.24) is 10.3 Å². The average Bonchev–Trinajstić information content (AvgIpc) is 3.22. The average molecular weight is 478 g/mol. The van der Waals surface area contributed by atoms with Crippen molar-refractivity contribution in [3.05, 3.63) is 65.2 Å². The fourth-order valence-electron chi connectivity index (χ4n) is 3.69. The van der Waals surface area contributed by atoms with E-state index >= 15 is 0 Å². The molecule has 1 amide bonds. The molecular formula is C25H23N3O5S. The molecule has 0 saturated heterocycles. The Hall–Kier alpha value is -4.11. The fraction of sp³-hybridized carbons (Fsp3) is 0.160. The molecule has 0 bridgehead atoms. The molecule has 0 atom stereocenters. The first-order valence-corrected chi connectivity index (χ1v) is 10.8. The summed E-state index contributed by atoms with van der Waals surface area (Å²) in [5, 5.41) is 16.1. The molecule has 1 heterocycles. The number of phenolic OH excluding ortho intramolecular Hbond substituents is 1. The lowest BCUT2D eigenvalue weighted by Gasteiger charge is -2.14. The Morgan fingerprint density at radius 3 is 2.41 bits per heavy atom. The maximum atomic E-state index is 12.8. The van der Waals surface area contributed by atoms with Crippen LogP contribution in [-0.4, -0.2) is 35.3 Å². The normalized spacial score (nSPS) is 10.7. The van der Waals surface area contributed by atoms with Gasteiger partial charge in [-0.05, 0) is 67.5 Å². The van der Waals surface area contributed by atoms with Gasteiger partial charge >= 0.3 is 0 Å². The Morgan fingerprint density at radius 1 is 1.06 bits per heavy atom. The number of aromatic hydroxyl groups is 1. The highest BCUT2D eigenvalue weighted by Gasteiger charge is 2.20. The highest BCUT2D eigenvalue weighted by Crippen LogP contribution is 2.34. The largest absolute Gasteiger partial charge is 0.507 e. The van der Waals surface area contributed by atoms with Gasteiger partial charge in [-0.1, -0.05) is 12.1 Å². The number of carbonyl (C=O) groups is 1. The molecule has 0 aliphatic heterocycles. The van der Waals surface area contributed by atoms with E-state index in [4.69, 9.17) is 26.1 Å². The summed E-state index contributed by atoms with van der Waals surface area (Å²) in [4.78, 5) is 17.3. The molecule has 0 aliphatic carbocycles. The van der Waals surface area contributed by atoms with Crippen LogP contribution in [0.25, 0.3) is 22.6 Å². The van der Waals surface area contributed by atoms with E-state index in [0.717, 1.165) is 16.6 Å². The Labute approximate surface area is 201 Å². The van der Waals surface area contributed by atoms with Gasteiger partial charge in [-0.2, -0.15) is 0 Å². The number of ether oxygens (including phenoxy) is 2. The van der Waals surface area contributed by atoms with Crippen LogP contribution in [0.4, 0.5) is 5.69 Å². The second-order valence-corrected chi connectivity index (χ2v) is 8.04. The van der Waals surface area contributed by atoms with Gasteiger partial charge in [0.25, 0.3) is 5.91 Å². The lowest BCUT2D eigenvalue weighted by Crippen LogP contribution is -2.34. The molecule has 1 aromatic heterocycles. The van der Waals surface area contributed by atoms with Crippen molar-refractivity contribution in [2.75, 3.05) is 19.5 Å². The van der Waals surface area contributed by atoms with E-state index in [0.29, 0.717) is 34.2 Å². The second kappa shape index (κ2) is 9.40. The molecule has 9 heteroatoms. The summed E-state index contributed by atoms with van der Waals surface area (Å²) in [7, 11) is 2.93. The van der Waals surface area contributed by atoms with Crippen molar-refractivity contribution in [1.29, 1.82) is 0 Å². The number of oxazole rings is 1. The predicted molar refractivity (Wildman–Crippen MR) is 134 cm³/mol. The molecule has 0 radical (unpaired) electrons. The van der Waals surface area contributed by atoms with Gasteiger partial charge in [0.15, 0.2) is 10.7 Å². The van der Waals surface area contributed by atoms with Crippen LogP contribution >= 0.6 is 12.2 Å². The summed E-state index contributed by atoms with van der Waals surface area (Å²) in [6.07, 6.45) is 0. The number of thiocarbonyl (C=S) groups is 1. The number of methoxy groups -OCH3 is 2. The van der Waals surface area contributed by atoms with Crippen LogP contribution < -0.4 is 20.1 Å². The minimum Gasteiger partial charge on any atom is -0.507 e. The molecule has 4 aromatic rings. The zero-order valence-corrected chi connectivity index (χ0v) is 19.9. The number of hydrogen-bond acceptors (Lipinski definition) is 7. The number of carbonyl (C=O) groups excluding carboxylic acids is 1. The molecular weight excluding hydrogens is 454 g/mol. The third-order valence-corrected chi connectivity index (χ3v) is 5.39. The first-order valence-electron chi connectivity index (χ1n) is 10.3.